The zero-order chi connectivity index (χ0) is 19.6. The van der Waals surface area contributed by atoms with Gasteiger partial charge in [-0.1, -0.05) is 0 Å². The van der Waals surface area contributed by atoms with E-state index in [9.17, 15) is 18.3 Å². The zero-order valence-electron chi connectivity index (χ0n) is 13.9. The minimum atomic E-state index is -4.09. The molecule has 0 bridgehead atoms. The maximum Gasteiger partial charge on any atom is 0.281 e. The standard InChI is InChI=1S/C15H13ClN4O5S/c1-8-10(7-17)14(21)20(2)15(22)13(8)19-18-9-4-5-11(25-3)12(6-9)26(16,23)24/h4-6,21H,1-3H3. The molecule has 1 N–H and O–H groups in total. The lowest BCUT2D eigenvalue weighted by Gasteiger charge is -2.08. The van der Waals surface area contributed by atoms with E-state index in [1.54, 1.807) is 6.07 Å². The third-order valence-corrected chi connectivity index (χ3v) is 4.91. The fourth-order valence-corrected chi connectivity index (χ4v) is 3.16. The Kier molecular flexibility index (Phi) is 5.34. The summed E-state index contributed by atoms with van der Waals surface area (Å²) in [4.78, 5) is 11.9. The number of aromatic nitrogens is 1. The number of rotatable bonds is 4. The number of benzene rings is 1. The number of aromatic hydroxyl groups is 1. The van der Waals surface area contributed by atoms with Gasteiger partial charge in [0, 0.05) is 23.3 Å². The van der Waals surface area contributed by atoms with Crippen LogP contribution in [0, 0.1) is 18.3 Å². The summed E-state index contributed by atoms with van der Waals surface area (Å²) in [5, 5.41) is 26.6. The third kappa shape index (κ3) is 3.54. The predicted molar refractivity (Wildman–Crippen MR) is 93.0 cm³/mol. The third-order valence-electron chi connectivity index (χ3n) is 3.57. The lowest BCUT2D eigenvalue weighted by molar-refractivity contribution is 0.403. The van der Waals surface area contributed by atoms with Gasteiger partial charge in [-0.2, -0.15) is 10.4 Å². The number of hydrogen-bond donors (Lipinski definition) is 1. The second-order valence-electron chi connectivity index (χ2n) is 5.12. The summed E-state index contributed by atoms with van der Waals surface area (Å²) in [6.45, 7) is 1.44. The highest BCUT2D eigenvalue weighted by atomic mass is 35.7. The topological polar surface area (TPSA) is 134 Å². The molecule has 2 rings (SSSR count). The van der Waals surface area contributed by atoms with Crippen molar-refractivity contribution in [3.05, 3.63) is 39.7 Å². The van der Waals surface area contributed by atoms with Crippen LogP contribution in [0.2, 0.25) is 0 Å². The Balaban J connectivity index is 2.61. The molecule has 1 aromatic heterocycles. The van der Waals surface area contributed by atoms with Crippen LogP contribution >= 0.6 is 10.7 Å². The molecule has 0 atom stereocenters. The largest absolute Gasteiger partial charge is 0.495 e. The minimum Gasteiger partial charge on any atom is -0.495 e. The number of pyridine rings is 1. The van der Waals surface area contributed by atoms with Crippen molar-refractivity contribution < 1.29 is 18.3 Å². The van der Waals surface area contributed by atoms with Crippen LogP contribution in [0.15, 0.2) is 38.1 Å². The van der Waals surface area contributed by atoms with Gasteiger partial charge in [-0.25, -0.2) is 8.42 Å². The number of nitriles is 1. The molecule has 1 aromatic carbocycles. The average molecular weight is 397 g/mol. The summed E-state index contributed by atoms with van der Waals surface area (Å²) in [5.74, 6) is -0.448. The van der Waals surface area contributed by atoms with E-state index in [2.05, 4.69) is 10.2 Å². The highest BCUT2D eigenvalue weighted by Crippen LogP contribution is 2.32. The summed E-state index contributed by atoms with van der Waals surface area (Å²) in [7, 11) is 3.84. The molecule has 0 fully saturated rings. The molecule has 26 heavy (non-hydrogen) atoms. The van der Waals surface area contributed by atoms with Crippen molar-refractivity contribution in [2.75, 3.05) is 7.11 Å². The Labute approximate surface area is 153 Å². The first-order chi connectivity index (χ1) is 12.1. The summed E-state index contributed by atoms with van der Waals surface area (Å²) in [6, 6.07) is 5.68. The van der Waals surface area contributed by atoms with Gasteiger partial charge in [0.05, 0.1) is 12.8 Å². The first-order valence-corrected chi connectivity index (χ1v) is 9.29. The van der Waals surface area contributed by atoms with Crippen molar-refractivity contribution in [2.24, 2.45) is 17.3 Å². The van der Waals surface area contributed by atoms with Crippen molar-refractivity contribution in [2.45, 2.75) is 11.8 Å². The number of methoxy groups -OCH3 is 1. The van der Waals surface area contributed by atoms with Crippen LogP contribution in [-0.4, -0.2) is 25.2 Å². The molecule has 0 aliphatic heterocycles. The van der Waals surface area contributed by atoms with E-state index in [0.29, 0.717) is 0 Å². The maximum absolute atomic E-state index is 12.2. The molecule has 11 heteroatoms. The highest BCUT2D eigenvalue weighted by molar-refractivity contribution is 8.13. The summed E-state index contributed by atoms with van der Waals surface area (Å²) < 4.78 is 29.0. The van der Waals surface area contributed by atoms with E-state index in [-0.39, 0.29) is 33.1 Å². The van der Waals surface area contributed by atoms with Gasteiger partial charge in [0.15, 0.2) is 5.69 Å². The second-order valence-corrected chi connectivity index (χ2v) is 7.66. The number of azo groups is 1. The van der Waals surface area contributed by atoms with Gasteiger partial charge in [-0.05, 0) is 25.1 Å². The Hall–Kier alpha value is -2.90. The van der Waals surface area contributed by atoms with Gasteiger partial charge >= 0.3 is 0 Å². The molecule has 0 spiro atoms. The van der Waals surface area contributed by atoms with Crippen LogP contribution in [0.1, 0.15) is 11.1 Å². The molecule has 0 amide bonds. The fourth-order valence-electron chi connectivity index (χ4n) is 2.15. The van der Waals surface area contributed by atoms with Gasteiger partial charge in [-0.3, -0.25) is 9.36 Å². The Morgan fingerprint density at radius 2 is 2.00 bits per heavy atom. The molecule has 0 saturated carbocycles. The number of hydrogen-bond acceptors (Lipinski definition) is 8. The van der Waals surface area contributed by atoms with Crippen molar-refractivity contribution in [3.8, 4) is 17.7 Å². The lowest BCUT2D eigenvalue weighted by Crippen LogP contribution is -2.18. The van der Waals surface area contributed by atoms with Crippen molar-refractivity contribution in [3.63, 3.8) is 0 Å². The first kappa shape index (κ1) is 19.4. The lowest BCUT2D eigenvalue weighted by atomic mass is 10.1. The van der Waals surface area contributed by atoms with Crippen molar-refractivity contribution in [1.82, 2.24) is 4.57 Å². The molecule has 0 saturated heterocycles. The number of halogens is 1. The van der Waals surface area contributed by atoms with E-state index >= 15 is 0 Å². The van der Waals surface area contributed by atoms with E-state index in [1.165, 1.54) is 33.2 Å². The van der Waals surface area contributed by atoms with Gasteiger partial charge in [-0.15, -0.1) is 5.11 Å². The number of ether oxygens (including phenoxy) is 1. The monoisotopic (exact) mass is 396 g/mol. The van der Waals surface area contributed by atoms with Crippen LogP contribution in [0.4, 0.5) is 11.4 Å². The molecule has 9 nitrogen and oxygen atoms in total. The molecular formula is C15H13ClN4O5S. The second kappa shape index (κ2) is 7.15. The van der Waals surface area contributed by atoms with Crippen LogP contribution in [0.25, 0.3) is 0 Å². The summed E-state index contributed by atoms with van der Waals surface area (Å²) in [5.41, 5.74) is -0.692. The zero-order valence-corrected chi connectivity index (χ0v) is 15.5. The van der Waals surface area contributed by atoms with Gasteiger partial charge in [0.25, 0.3) is 14.6 Å². The predicted octanol–water partition coefficient (Wildman–Crippen LogP) is 2.62. The maximum atomic E-state index is 12.2. The molecule has 136 valence electrons. The Morgan fingerprint density at radius 1 is 1.35 bits per heavy atom. The van der Waals surface area contributed by atoms with Gasteiger partial charge in [0.1, 0.15) is 22.3 Å². The highest BCUT2D eigenvalue weighted by Gasteiger charge is 2.19. The smallest absolute Gasteiger partial charge is 0.281 e. The van der Waals surface area contributed by atoms with E-state index in [0.717, 1.165) is 10.6 Å². The Bertz CT molecular complexity index is 1120. The van der Waals surface area contributed by atoms with Gasteiger partial charge in [0.2, 0.25) is 5.88 Å². The average Bonchev–Trinajstić information content (AvgIpc) is 2.59. The molecule has 0 radical (unpaired) electrons. The normalized spacial score (nSPS) is 11.5. The van der Waals surface area contributed by atoms with E-state index < -0.39 is 20.5 Å². The first-order valence-electron chi connectivity index (χ1n) is 6.99. The van der Waals surface area contributed by atoms with E-state index in [1.807, 2.05) is 0 Å². The molecule has 1 heterocycles. The number of nitrogens with zero attached hydrogens (tertiary/aromatic N) is 4. The molecular weight excluding hydrogens is 384 g/mol. The van der Waals surface area contributed by atoms with Crippen LogP contribution < -0.4 is 10.3 Å². The van der Waals surface area contributed by atoms with Crippen molar-refractivity contribution >= 4 is 31.1 Å². The van der Waals surface area contributed by atoms with E-state index in [4.69, 9.17) is 20.7 Å². The fraction of sp³-hybridized carbons (Fsp3) is 0.200. The molecule has 0 aliphatic rings. The molecule has 0 unspecified atom stereocenters. The Morgan fingerprint density at radius 3 is 2.54 bits per heavy atom. The minimum absolute atomic E-state index is 0.0300. The molecule has 0 aliphatic carbocycles. The van der Waals surface area contributed by atoms with Crippen LogP contribution in [0.5, 0.6) is 11.6 Å². The van der Waals surface area contributed by atoms with Crippen LogP contribution in [0.3, 0.4) is 0 Å². The SMILES string of the molecule is COc1ccc(N=Nc2c(C)c(C#N)c(O)n(C)c2=O)cc1S(=O)(=O)Cl. The van der Waals surface area contributed by atoms with Crippen LogP contribution in [-0.2, 0) is 16.1 Å². The summed E-state index contributed by atoms with van der Waals surface area (Å²) in [6.07, 6.45) is 0. The molecule has 2 aromatic rings. The van der Waals surface area contributed by atoms with Gasteiger partial charge < -0.3 is 9.84 Å². The van der Waals surface area contributed by atoms with Crippen molar-refractivity contribution in [1.29, 1.82) is 5.26 Å². The quantitative estimate of drug-likeness (QED) is 0.623. The summed E-state index contributed by atoms with van der Waals surface area (Å²) >= 11 is 0.